The van der Waals surface area contributed by atoms with Crippen molar-refractivity contribution in [1.82, 2.24) is 9.80 Å². The topological polar surface area (TPSA) is 63.6 Å². The minimum atomic E-state index is -4.45. The molecule has 0 aliphatic carbocycles. The van der Waals surface area contributed by atoms with Crippen LogP contribution < -0.4 is 0 Å². The van der Waals surface area contributed by atoms with Gasteiger partial charge in [-0.2, -0.15) is 13.2 Å². The van der Waals surface area contributed by atoms with Crippen molar-refractivity contribution in [2.24, 2.45) is 16.3 Å². The van der Waals surface area contributed by atoms with Crippen LogP contribution in [0, 0.1) is 11.3 Å². The van der Waals surface area contributed by atoms with Crippen LogP contribution in [0.5, 0.6) is 0 Å². The molecule has 0 N–H and O–H groups in total. The summed E-state index contributed by atoms with van der Waals surface area (Å²) in [6, 6.07) is 5.17. The molecule has 10 heteroatoms. The van der Waals surface area contributed by atoms with Gasteiger partial charge in [0.25, 0.3) is 0 Å². The van der Waals surface area contributed by atoms with Crippen molar-refractivity contribution in [2.45, 2.75) is 32.4 Å². The Morgan fingerprint density at radius 1 is 1.17 bits per heavy atom. The van der Waals surface area contributed by atoms with Crippen LogP contribution >= 0.6 is 0 Å². The minimum Gasteiger partial charge on any atom is -0.484 e. The largest absolute Gasteiger partial charge is 0.484 e. The van der Waals surface area contributed by atoms with Gasteiger partial charge in [0, 0.05) is 50.3 Å². The molecule has 0 saturated carbocycles. The molecule has 2 amide bonds. The monoisotopic (exact) mass is 511 g/mol. The molecule has 3 rings (SSSR count). The molecule has 2 saturated heterocycles. The molecule has 36 heavy (non-hydrogen) atoms. The fourth-order valence-corrected chi connectivity index (χ4v) is 4.63. The number of piperidine rings is 1. The van der Waals surface area contributed by atoms with Gasteiger partial charge in [-0.15, -0.1) is 0 Å². The van der Waals surface area contributed by atoms with Gasteiger partial charge in [0.15, 0.2) is 5.90 Å². The molecule has 0 aromatic heterocycles. The maximum Gasteiger partial charge on any atom is 0.416 e. The average Bonchev–Trinajstić information content (AvgIpc) is 2.86. The lowest BCUT2D eigenvalue weighted by atomic mass is 9.83. The van der Waals surface area contributed by atoms with Crippen LogP contribution in [0.15, 0.2) is 41.5 Å². The number of amides is 2. The molecule has 2 aliphatic heterocycles. The lowest BCUT2D eigenvalue weighted by molar-refractivity contribution is -0.137. The molecule has 2 atom stereocenters. The molecule has 0 radical (unpaired) electrons. The van der Waals surface area contributed by atoms with Gasteiger partial charge in [-0.3, -0.25) is 0 Å². The number of aliphatic imine (C=N–C) groups is 1. The van der Waals surface area contributed by atoms with Crippen molar-refractivity contribution < 1.29 is 32.2 Å². The first kappa shape index (κ1) is 28.0. The Kier molecular flexibility index (Phi) is 9.05. The van der Waals surface area contributed by atoms with Gasteiger partial charge < -0.3 is 24.0 Å². The number of hydrogen-bond acceptors (Lipinski definition) is 5. The fraction of sp³-hybridized carbons (Fsp3) is 0.615. The van der Waals surface area contributed by atoms with Crippen molar-refractivity contribution in [3.8, 4) is 0 Å². The molecule has 0 bridgehead atoms. The molecule has 0 spiro atoms. The van der Waals surface area contributed by atoms with E-state index in [-0.39, 0.29) is 17.9 Å². The van der Waals surface area contributed by atoms with Crippen LogP contribution in [0.3, 0.4) is 0 Å². The third-order valence-corrected chi connectivity index (χ3v) is 6.78. The number of morpholine rings is 1. The fourth-order valence-electron chi connectivity index (χ4n) is 4.63. The highest BCUT2D eigenvalue weighted by Crippen LogP contribution is 2.36. The first-order valence-corrected chi connectivity index (χ1v) is 12.1. The standard InChI is InChI=1S/C26H36F3N3O4/c1-18(25(2,3)17-34-4)30-23(35-5)21-13-20(19-7-6-8-22(14-19)26(27,28)29)15-32(16-21)24(33)31-9-11-36-12-10-31/h6-8,14,20-21H,1,9-13,15-17H2,2-5H3. The number of carbonyl (C=O) groups is 1. The highest BCUT2D eigenvalue weighted by molar-refractivity contribution is 5.82. The quantitative estimate of drug-likeness (QED) is 0.407. The molecule has 200 valence electrons. The van der Waals surface area contributed by atoms with Crippen molar-refractivity contribution in [2.75, 3.05) is 60.2 Å². The van der Waals surface area contributed by atoms with Crippen molar-refractivity contribution in [3.05, 3.63) is 47.7 Å². The van der Waals surface area contributed by atoms with Crippen LogP contribution in [0.2, 0.25) is 0 Å². The molecule has 7 nitrogen and oxygen atoms in total. The lowest BCUT2D eigenvalue weighted by Crippen LogP contribution is -2.53. The maximum absolute atomic E-state index is 13.4. The minimum absolute atomic E-state index is 0.158. The molecular weight excluding hydrogens is 475 g/mol. The SMILES string of the molecule is C=C(N=C(OC)C1CC(c2cccc(C(F)(F)F)c2)CN(C(=O)N2CCOCC2)C1)C(C)(C)COC. The predicted molar refractivity (Wildman–Crippen MR) is 131 cm³/mol. The number of ether oxygens (including phenoxy) is 3. The average molecular weight is 512 g/mol. The van der Waals surface area contributed by atoms with Gasteiger partial charge in [-0.1, -0.05) is 38.6 Å². The zero-order valence-corrected chi connectivity index (χ0v) is 21.4. The second-order valence-electron chi connectivity index (χ2n) is 9.96. The van der Waals surface area contributed by atoms with Gasteiger partial charge in [0.05, 0.1) is 38.4 Å². The van der Waals surface area contributed by atoms with Gasteiger partial charge in [-0.25, -0.2) is 9.79 Å². The smallest absolute Gasteiger partial charge is 0.416 e. The van der Waals surface area contributed by atoms with Crippen molar-refractivity contribution >= 4 is 11.9 Å². The van der Waals surface area contributed by atoms with Crippen LogP contribution in [0.1, 0.15) is 37.3 Å². The van der Waals surface area contributed by atoms with Crippen molar-refractivity contribution in [1.29, 1.82) is 0 Å². The predicted octanol–water partition coefficient (Wildman–Crippen LogP) is 4.79. The third-order valence-electron chi connectivity index (χ3n) is 6.78. The van der Waals surface area contributed by atoms with E-state index >= 15 is 0 Å². The molecule has 1 aromatic carbocycles. The molecule has 2 fully saturated rings. The number of carbonyl (C=O) groups excluding carboxylic acids is 1. The Hall–Kier alpha value is -2.59. The van der Waals surface area contributed by atoms with E-state index in [2.05, 4.69) is 11.6 Å². The first-order valence-electron chi connectivity index (χ1n) is 12.1. The number of likely N-dealkylation sites (tertiary alicyclic amines) is 1. The summed E-state index contributed by atoms with van der Waals surface area (Å²) < 4.78 is 56.6. The second kappa shape index (κ2) is 11.6. The number of methoxy groups -OCH3 is 2. The van der Waals surface area contributed by atoms with Crippen molar-refractivity contribution in [3.63, 3.8) is 0 Å². The first-order chi connectivity index (χ1) is 17.0. The highest BCUT2D eigenvalue weighted by atomic mass is 19.4. The van der Waals surface area contributed by atoms with Crippen LogP contribution in [-0.4, -0.2) is 81.9 Å². The Morgan fingerprint density at radius 2 is 1.86 bits per heavy atom. The summed E-state index contributed by atoms with van der Waals surface area (Å²) in [5.74, 6) is -0.236. The second-order valence-corrected chi connectivity index (χ2v) is 9.96. The Morgan fingerprint density at radius 3 is 2.47 bits per heavy atom. The summed E-state index contributed by atoms with van der Waals surface area (Å²) in [7, 11) is 3.11. The molecule has 2 heterocycles. The lowest BCUT2D eigenvalue weighted by Gasteiger charge is -2.41. The third kappa shape index (κ3) is 6.79. The summed E-state index contributed by atoms with van der Waals surface area (Å²) in [5, 5.41) is 0. The number of rotatable bonds is 6. The summed E-state index contributed by atoms with van der Waals surface area (Å²) in [6.07, 6.45) is -3.96. The molecule has 2 aliphatic rings. The van der Waals surface area contributed by atoms with Crippen LogP contribution in [0.25, 0.3) is 0 Å². The van der Waals surface area contributed by atoms with E-state index < -0.39 is 17.2 Å². The molecule has 2 unspecified atom stereocenters. The van der Waals surface area contributed by atoms with E-state index in [9.17, 15) is 18.0 Å². The normalized spacial score (nSPS) is 21.9. The molecule has 1 aromatic rings. The van der Waals surface area contributed by atoms with Gasteiger partial charge in [-0.05, 0) is 18.1 Å². The van der Waals surface area contributed by atoms with E-state index in [4.69, 9.17) is 14.2 Å². The number of urea groups is 1. The maximum atomic E-state index is 13.4. The zero-order chi connectivity index (χ0) is 26.5. The summed E-state index contributed by atoms with van der Waals surface area (Å²) in [6.45, 7) is 10.9. The van der Waals surface area contributed by atoms with Gasteiger partial charge >= 0.3 is 12.2 Å². The number of hydrogen-bond donors (Lipinski definition) is 0. The Balaban J connectivity index is 1.93. The summed E-state index contributed by atoms with van der Waals surface area (Å²) in [5.41, 5.74) is -0.0584. The zero-order valence-electron chi connectivity index (χ0n) is 21.4. The van der Waals surface area contributed by atoms with E-state index in [0.717, 1.165) is 6.07 Å². The number of alkyl halides is 3. The highest BCUT2D eigenvalue weighted by Gasteiger charge is 2.38. The molecular formula is C26H36F3N3O4. The number of halogens is 3. The van der Waals surface area contributed by atoms with Crippen LogP contribution in [-0.2, 0) is 20.4 Å². The van der Waals surface area contributed by atoms with Gasteiger partial charge in [0.2, 0.25) is 0 Å². The number of benzene rings is 1. The van der Waals surface area contributed by atoms with E-state index in [0.29, 0.717) is 69.6 Å². The summed E-state index contributed by atoms with van der Waals surface area (Å²) in [4.78, 5) is 21.5. The van der Waals surface area contributed by atoms with Crippen LogP contribution in [0.4, 0.5) is 18.0 Å². The Bertz CT molecular complexity index is 958. The summed E-state index contributed by atoms with van der Waals surface area (Å²) >= 11 is 0. The Labute approximate surface area is 210 Å². The van der Waals surface area contributed by atoms with E-state index in [1.807, 2.05) is 13.8 Å². The van der Waals surface area contributed by atoms with Gasteiger partial charge in [0.1, 0.15) is 0 Å². The number of nitrogens with zero attached hydrogens (tertiary/aromatic N) is 3. The van der Waals surface area contributed by atoms with E-state index in [1.54, 1.807) is 23.0 Å². The van der Waals surface area contributed by atoms with E-state index in [1.165, 1.54) is 19.2 Å².